The van der Waals surface area contributed by atoms with Crippen LogP contribution in [0.2, 0.25) is 0 Å². The zero-order chi connectivity index (χ0) is 28.4. The number of Topliss-reactive ketones (excluding diaryl/α,β-unsaturated/α-hetero) is 1. The lowest BCUT2D eigenvalue weighted by Gasteiger charge is -2.16. The van der Waals surface area contributed by atoms with E-state index in [1.54, 1.807) is 9.80 Å². The van der Waals surface area contributed by atoms with Crippen LogP contribution in [0.15, 0.2) is 60.7 Å². The number of amides is 2. The molecule has 2 aliphatic heterocycles. The van der Waals surface area contributed by atoms with Gasteiger partial charge in [-0.3, -0.25) is 9.59 Å². The van der Waals surface area contributed by atoms with Gasteiger partial charge in [0.2, 0.25) is 5.24 Å². The summed E-state index contributed by atoms with van der Waals surface area (Å²) < 4.78 is 10.5. The van der Waals surface area contributed by atoms with Crippen molar-refractivity contribution >= 4 is 50.7 Å². The fraction of sp³-hybridized carbons (Fsp3) is 0.448. The Kier molecular flexibility index (Phi) is 11.8. The Bertz CT molecular complexity index is 1120. The van der Waals surface area contributed by atoms with Gasteiger partial charge in [0, 0.05) is 32.1 Å². The SMILES string of the molecule is C[C@@H]1CN(C(=O)OCc2ccccc2)C[C@@H]1C(=O)CBr.C[C@@H]1CN(C(=O)OCc2ccccc2)C[C@@H]1C(=O)Cl. The Morgan fingerprint density at radius 1 is 0.744 bits per heavy atom. The van der Waals surface area contributed by atoms with Crippen molar-refractivity contribution in [2.45, 2.75) is 27.1 Å². The molecule has 210 valence electrons. The Labute approximate surface area is 242 Å². The van der Waals surface area contributed by atoms with Crippen LogP contribution in [-0.4, -0.2) is 64.5 Å². The second kappa shape index (κ2) is 15.0. The van der Waals surface area contributed by atoms with Crippen LogP contribution in [0.3, 0.4) is 0 Å². The van der Waals surface area contributed by atoms with Crippen LogP contribution in [0.5, 0.6) is 0 Å². The Morgan fingerprint density at radius 2 is 1.15 bits per heavy atom. The maximum atomic E-state index is 12.0. The van der Waals surface area contributed by atoms with Gasteiger partial charge in [0.15, 0.2) is 0 Å². The quantitative estimate of drug-likeness (QED) is 0.299. The van der Waals surface area contributed by atoms with Crippen LogP contribution in [0.1, 0.15) is 25.0 Å². The topological polar surface area (TPSA) is 93.2 Å². The second-order valence-corrected chi connectivity index (χ2v) is 10.9. The van der Waals surface area contributed by atoms with Gasteiger partial charge < -0.3 is 19.3 Å². The van der Waals surface area contributed by atoms with Crippen molar-refractivity contribution in [3.05, 3.63) is 71.8 Å². The summed E-state index contributed by atoms with van der Waals surface area (Å²) in [4.78, 5) is 50.0. The van der Waals surface area contributed by atoms with Crippen LogP contribution in [-0.2, 0) is 32.3 Å². The largest absolute Gasteiger partial charge is 0.445 e. The zero-order valence-corrected chi connectivity index (χ0v) is 24.5. The summed E-state index contributed by atoms with van der Waals surface area (Å²) in [5.41, 5.74) is 1.90. The van der Waals surface area contributed by atoms with E-state index in [-0.39, 0.29) is 54.0 Å². The Balaban J connectivity index is 0.000000216. The number of likely N-dealkylation sites (tertiary alicyclic amines) is 2. The normalized spacial score (nSPS) is 22.1. The standard InChI is InChI=1S/C15H18BrNO3.C14H16ClNO3/c1-11-8-17(9-13(11)14(18)7-16)15(19)20-10-12-5-3-2-4-6-12;1-10-7-16(8-12(10)13(15)17)14(18)19-9-11-5-3-2-4-6-11/h2-6,11,13H,7-10H2,1H3;2-6,10,12H,7-9H2,1H3/t11-,13+;10-,12+/m11/s1. The summed E-state index contributed by atoms with van der Waals surface area (Å²) in [6, 6.07) is 19.0. The molecule has 8 nitrogen and oxygen atoms in total. The number of ether oxygens (including phenoxy) is 2. The van der Waals surface area contributed by atoms with E-state index in [0.29, 0.717) is 31.5 Å². The number of ketones is 1. The summed E-state index contributed by atoms with van der Waals surface area (Å²) in [6.45, 7) is 6.31. The van der Waals surface area contributed by atoms with E-state index in [9.17, 15) is 19.2 Å². The molecule has 0 unspecified atom stereocenters. The van der Waals surface area contributed by atoms with E-state index < -0.39 is 6.09 Å². The van der Waals surface area contributed by atoms with E-state index in [0.717, 1.165) is 11.1 Å². The monoisotopic (exact) mass is 620 g/mol. The van der Waals surface area contributed by atoms with Gasteiger partial charge in [-0.15, -0.1) is 0 Å². The molecular formula is C29H34BrClN2O6. The fourth-order valence-electron chi connectivity index (χ4n) is 4.67. The number of rotatable bonds is 7. The van der Waals surface area contributed by atoms with Crippen molar-refractivity contribution in [1.82, 2.24) is 9.80 Å². The predicted octanol–water partition coefficient (Wildman–Crippen LogP) is 5.51. The first kappa shape index (κ1) is 30.6. The van der Waals surface area contributed by atoms with Gasteiger partial charge in [0.1, 0.15) is 19.0 Å². The molecule has 0 spiro atoms. The number of alkyl halides is 1. The number of halogens is 2. The maximum absolute atomic E-state index is 12.0. The second-order valence-electron chi connectivity index (χ2n) is 9.96. The lowest BCUT2D eigenvalue weighted by Crippen LogP contribution is -2.30. The van der Waals surface area contributed by atoms with E-state index >= 15 is 0 Å². The van der Waals surface area contributed by atoms with E-state index in [2.05, 4.69) is 15.9 Å². The highest BCUT2D eigenvalue weighted by Gasteiger charge is 2.37. The number of carbonyl (C=O) groups excluding carboxylic acids is 4. The van der Waals surface area contributed by atoms with Crippen LogP contribution >= 0.6 is 27.5 Å². The smallest absolute Gasteiger partial charge is 0.410 e. The van der Waals surface area contributed by atoms with Gasteiger partial charge in [0.05, 0.1) is 11.2 Å². The van der Waals surface area contributed by atoms with Gasteiger partial charge in [-0.2, -0.15) is 0 Å². The van der Waals surface area contributed by atoms with Crippen molar-refractivity contribution < 1.29 is 28.7 Å². The molecule has 4 rings (SSSR count). The van der Waals surface area contributed by atoms with E-state index in [4.69, 9.17) is 21.1 Å². The highest BCUT2D eigenvalue weighted by Crippen LogP contribution is 2.26. The molecule has 0 N–H and O–H groups in total. The zero-order valence-electron chi connectivity index (χ0n) is 22.1. The molecule has 2 aliphatic rings. The Morgan fingerprint density at radius 3 is 1.54 bits per heavy atom. The highest BCUT2D eigenvalue weighted by atomic mass is 79.9. The molecule has 0 aliphatic carbocycles. The molecule has 2 aromatic rings. The molecule has 2 amide bonds. The third kappa shape index (κ3) is 9.07. The lowest BCUT2D eigenvalue weighted by molar-refractivity contribution is -0.120. The van der Waals surface area contributed by atoms with E-state index in [1.165, 1.54) is 0 Å². The summed E-state index contributed by atoms with van der Waals surface area (Å²) >= 11 is 8.69. The number of benzene rings is 2. The number of hydrogen-bond acceptors (Lipinski definition) is 6. The van der Waals surface area contributed by atoms with Crippen molar-refractivity contribution in [3.63, 3.8) is 0 Å². The van der Waals surface area contributed by atoms with Crippen LogP contribution in [0, 0.1) is 23.7 Å². The Hall–Kier alpha value is -2.91. The highest BCUT2D eigenvalue weighted by molar-refractivity contribution is 9.09. The first-order valence-electron chi connectivity index (χ1n) is 12.9. The predicted molar refractivity (Wildman–Crippen MR) is 151 cm³/mol. The molecular weight excluding hydrogens is 588 g/mol. The van der Waals surface area contributed by atoms with Crippen molar-refractivity contribution in [2.24, 2.45) is 23.7 Å². The minimum absolute atomic E-state index is 0.0780. The molecule has 0 aromatic heterocycles. The molecule has 2 heterocycles. The first-order valence-corrected chi connectivity index (χ1v) is 14.4. The van der Waals surface area contributed by atoms with Gasteiger partial charge in [-0.1, -0.05) is 90.4 Å². The third-order valence-corrected chi connectivity index (χ3v) is 7.82. The molecule has 4 atom stereocenters. The summed E-state index contributed by atoms with van der Waals surface area (Å²) in [6.07, 6.45) is -0.735. The third-order valence-electron chi connectivity index (χ3n) is 6.99. The first-order chi connectivity index (χ1) is 18.7. The molecule has 0 radical (unpaired) electrons. The van der Waals surface area contributed by atoms with Crippen molar-refractivity contribution in [2.75, 3.05) is 31.5 Å². The summed E-state index contributed by atoms with van der Waals surface area (Å²) in [7, 11) is 0. The summed E-state index contributed by atoms with van der Waals surface area (Å²) in [5.74, 6) is 0.0408. The molecule has 2 aromatic carbocycles. The minimum Gasteiger partial charge on any atom is -0.445 e. The number of nitrogens with zero attached hydrogens (tertiary/aromatic N) is 2. The van der Waals surface area contributed by atoms with Crippen LogP contribution in [0.4, 0.5) is 9.59 Å². The molecule has 39 heavy (non-hydrogen) atoms. The lowest BCUT2D eigenvalue weighted by atomic mass is 9.95. The van der Waals surface area contributed by atoms with Crippen molar-refractivity contribution in [1.29, 1.82) is 0 Å². The average molecular weight is 622 g/mol. The molecule has 10 heteroatoms. The minimum atomic E-state index is -0.392. The van der Waals surface area contributed by atoms with Gasteiger partial charge in [-0.05, 0) is 34.6 Å². The number of carbonyl (C=O) groups is 4. The maximum Gasteiger partial charge on any atom is 0.410 e. The van der Waals surface area contributed by atoms with E-state index in [1.807, 2.05) is 74.5 Å². The average Bonchev–Trinajstić information content (AvgIpc) is 3.54. The molecule has 0 saturated carbocycles. The molecule has 0 bridgehead atoms. The fourth-order valence-corrected chi connectivity index (χ4v) is 5.37. The van der Waals surface area contributed by atoms with Gasteiger partial charge >= 0.3 is 12.2 Å². The summed E-state index contributed by atoms with van der Waals surface area (Å²) in [5, 5.41) is -0.0413. The van der Waals surface area contributed by atoms with Gasteiger partial charge in [-0.25, -0.2) is 9.59 Å². The van der Waals surface area contributed by atoms with Crippen LogP contribution < -0.4 is 0 Å². The van der Waals surface area contributed by atoms with Crippen molar-refractivity contribution in [3.8, 4) is 0 Å². The van der Waals surface area contributed by atoms with Crippen LogP contribution in [0.25, 0.3) is 0 Å². The molecule has 2 fully saturated rings. The van der Waals surface area contributed by atoms with Gasteiger partial charge in [0.25, 0.3) is 0 Å². The molecule has 2 saturated heterocycles. The number of hydrogen-bond donors (Lipinski definition) is 0.